The molecule has 0 saturated heterocycles. The number of aryl methyl sites for hydroxylation is 1. The maximum Gasteiger partial charge on any atom is 0.240 e. The van der Waals surface area contributed by atoms with Crippen LogP contribution in [-0.2, 0) is 28.0 Å². The minimum atomic E-state index is -3.56. The lowest BCUT2D eigenvalue weighted by molar-refractivity contribution is 0.00662. The predicted molar refractivity (Wildman–Crippen MR) is 129 cm³/mol. The Hall–Kier alpha value is -3.05. The van der Waals surface area contributed by atoms with Gasteiger partial charge in [0.2, 0.25) is 10.0 Å². The van der Waals surface area contributed by atoms with Gasteiger partial charge in [0.05, 0.1) is 15.9 Å². The molecule has 0 radical (unpaired) electrons. The number of para-hydroxylation sites is 1. The molecule has 0 saturated carbocycles. The molecule has 0 aliphatic heterocycles. The second kappa shape index (κ2) is 9.84. The van der Waals surface area contributed by atoms with Gasteiger partial charge < -0.3 is 10.3 Å². The number of benzene rings is 2. The van der Waals surface area contributed by atoms with Gasteiger partial charge in [-0.15, -0.1) is 0 Å². The first-order valence-electron chi connectivity index (χ1n) is 10.8. The van der Waals surface area contributed by atoms with Crippen molar-refractivity contribution < 1.29 is 13.3 Å². The smallest absolute Gasteiger partial charge is 0.240 e. The molecule has 9 nitrogen and oxygen atoms in total. The van der Waals surface area contributed by atoms with Crippen LogP contribution < -0.4 is 15.9 Å². The standard InChI is InChI=1S/C23H28N6O3S/c1-16(2)28-32-15-20-27-21-22(18-11-6-7-12-19(18)26-23(21)24)29(20)14-8-13-25-33(30,31)17-9-4-3-5-10-17/h3-7,9-12,16,25,28H,8,13-15H2,1-2H3,(H2,24,26). The van der Waals surface area contributed by atoms with Crippen LogP contribution in [0.15, 0.2) is 59.5 Å². The molecule has 2 heterocycles. The number of hydroxylamine groups is 1. The lowest BCUT2D eigenvalue weighted by Crippen LogP contribution is -2.26. The monoisotopic (exact) mass is 468 g/mol. The van der Waals surface area contributed by atoms with Gasteiger partial charge in [-0.1, -0.05) is 36.4 Å². The highest BCUT2D eigenvalue weighted by Gasteiger charge is 2.18. The summed E-state index contributed by atoms with van der Waals surface area (Å²) in [6.45, 7) is 5.01. The van der Waals surface area contributed by atoms with Crippen LogP contribution in [0.25, 0.3) is 21.9 Å². The first-order valence-corrected chi connectivity index (χ1v) is 12.3. The van der Waals surface area contributed by atoms with E-state index in [0.29, 0.717) is 30.1 Å². The lowest BCUT2D eigenvalue weighted by Gasteiger charge is -2.13. The van der Waals surface area contributed by atoms with Crippen molar-refractivity contribution in [2.75, 3.05) is 12.3 Å². The minimum Gasteiger partial charge on any atom is -0.382 e. The topological polar surface area (TPSA) is 124 Å². The third kappa shape index (κ3) is 5.14. The zero-order chi connectivity index (χ0) is 23.4. The first-order chi connectivity index (χ1) is 15.9. The predicted octanol–water partition coefficient (Wildman–Crippen LogP) is 2.96. The third-order valence-corrected chi connectivity index (χ3v) is 6.59. The van der Waals surface area contributed by atoms with Gasteiger partial charge in [0, 0.05) is 24.5 Å². The van der Waals surface area contributed by atoms with Crippen molar-refractivity contribution in [3.63, 3.8) is 0 Å². The van der Waals surface area contributed by atoms with E-state index in [-0.39, 0.29) is 24.1 Å². The van der Waals surface area contributed by atoms with Gasteiger partial charge in [-0.05, 0) is 38.5 Å². The number of nitrogens with two attached hydrogens (primary N) is 1. The summed E-state index contributed by atoms with van der Waals surface area (Å²) in [4.78, 5) is 15.1. The van der Waals surface area contributed by atoms with E-state index >= 15 is 0 Å². The fraction of sp³-hybridized carbons (Fsp3) is 0.304. The Morgan fingerprint density at radius 2 is 1.79 bits per heavy atom. The number of anilines is 1. The molecule has 0 aliphatic rings. The van der Waals surface area contributed by atoms with Crippen molar-refractivity contribution in [2.24, 2.45) is 0 Å². The molecule has 4 N–H and O–H groups in total. The molecule has 174 valence electrons. The Morgan fingerprint density at radius 1 is 1.06 bits per heavy atom. The van der Waals surface area contributed by atoms with Crippen LogP contribution in [0.5, 0.6) is 0 Å². The van der Waals surface area contributed by atoms with Crippen LogP contribution in [0, 0.1) is 0 Å². The number of rotatable bonds is 10. The highest BCUT2D eigenvalue weighted by Crippen LogP contribution is 2.29. The molecule has 0 atom stereocenters. The van der Waals surface area contributed by atoms with Crippen molar-refractivity contribution in [2.45, 2.75) is 44.4 Å². The summed E-state index contributed by atoms with van der Waals surface area (Å²) in [6, 6.07) is 16.2. The van der Waals surface area contributed by atoms with E-state index in [0.717, 1.165) is 16.4 Å². The number of sulfonamides is 1. The van der Waals surface area contributed by atoms with Crippen molar-refractivity contribution in [1.29, 1.82) is 0 Å². The van der Waals surface area contributed by atoms with Crippen molar-refractivity contribution in [3.05, 3.63) is 60.4 Å². The fourth-order valence-corrected chi connectivity index (χ4v) is 4.75. The van der Waals surface area contributed by atoms with Crippen molar-refractivity contribution in [3.8, 4) is 0 Å². The van der Waals surface area contributed by atoms with Crippen molar-refractivity contribution >= 4 is 37.8 Å². The number of hydrogen-bond acceptors (Lipinski definition) is 7. The first kappa shape index (κ1) is 23.1. The van der Waals surface area contributed by atoms with Crippen molar-refractivity contribution in [1.82, 2.24) is 24.7 Å². The molecule has 0 fully saturated rings. The molecular formula is C23H28N6O3S. The zero-order valence-corrected chi connectivity index (χ0v) is 19.5. The summed E-state index contributed by atoms with van der Waals surface area (Å²) < 4.78 is 29.7. The Bertz CT molecular complexity index is 1350. The minimum absolute atomic E-state index is 0.155. The molecule has 4 rings (SSSR count). The second-order valence-corrected chi connectivity index (χ2v) is 9.78. The molecule has 0 aliphatic carbocycles. The molecule has 2 aromatic heterocycles. The Morgan fingerprint density at radius 3 is 2.55 bits per heavy atom. The van der Waals surface area contributed by atoms with Gasteiger partial charge in [-0.3, -0.25) is 4.84 Å². The molecule has 0 unspecified atom stereocenters. The average molecular weight is 469 g/mol. The molecule has 2 aromatic carbocycles. The zero-order valence-electron chi connectivity index (χ0n) is 18.7. The van der Waals surface area contributed by atoms with Gasteiger partial charge in [-0.2, -0.15) is 5.48 Å². The average Bonchev–Trinajstić information content (AvgIpc) is 3.16. The highest BCUT2D eigenvalue weighted by atomic mass is 32.2. The summed E-state index contributed by atoms with van der Waals surface area (Å²) in [5.41, 5.74) is 11.4. The van der Waals surface area contributed by atoms with E-state index < -0.39 is 10.0 Å². The summed E-state index contributed by atoms with van der Waals surface area (Å²) in [5, 5.41) is 0.933. The largest absolute Gasteiger partial charge is 0.382 e. The van der Waals surface area contributed by atoms with E-state index in [2.05, 4.69) is 15.2 Å². The van der Waals surface area contributed by atoms with Gasteiger partial charge in [0.25, 0.3) is 0 Å². The van der Waals surface area contributed by atoms with Crippen LogP contribution in [0.2, 0.25) is 0 Å². The van der Waals surface area contributed by atoms with Gasteiger partial charge in [0.1, 0.15) is 17.9 Å². The number of pyridine rings is 1. The van der Waals surface area contributed by atoms with Gasteiger partial charge in [-0.25, -0.2) is 23.1 Å². The molecule has 0 spiro atoms. The maximum absolute atomic E-state index is 12.5. The van der Waals surface area contributed by atoms with E-state index in [1.54, 1.807) is 30.3 Å². The molecule has 33 heavy (non-hydrogen) atoms. The normalized spacial score (nSPS) is 12.2. The Kier molecular flexibility index (Phi) is 6.89. The number of nitrogens with one attached hydrogen (secondary N) is 2. The highest BCUT2D eigenvalue weighted by molar-refractivity contribution is 7.89. The van der Waals surface area contributed by atoms with Crippen LogP contribution in [-0.4, -0.2) is 35.5 Å². The lowest BCUT2D eigenvalue weighted by atomic mass is 10.2. The third-order valence-electron chi connectivity index (χ3n) is 5.11. The Labute approximate surface area is 193 Å². The molecular weight excluding hydrogens is 440 g/mol. The van der Waals surface area contributed by atoms with E-state index in [9.17, 15) is 8.42 Å². The number of fused-ring (bicyclic) bond motifs is 3. The maximum atomic E-state index is 12.5. The van der Waals surface area contributed by atoms with Crippen LogP contribution >= 0.6 is 0 Å². The SMILES string of the molecule is CC(C)NOCc1nc2c(N)nc3ccccc3c2n1CCCNS(=O)(=O)c1ccccc1. The Balaban J connectivity index is 1.60. The van der Waals surface area contributed by atoms with E-state index in [1.165, 1.54) is 0 Å². The summed E-state index contributed by atoms with van der Waals surface area (Å²) in [6.07, 6.45) is 0.554. The molecule has 0 amide bonds. The van der Waals surface area contributed by atoms with E-state index in [1.807, 2.05) is 42.7 Å². The van der Waals surface area contributed by atoms with Gasteiger partial charge >= 0.3 is 0 Å². The molecule has 10 heteroatoms. The summed E-state index contributed by atoms with van der Waals surface area (Å²) in [7, 11) is -3.56. The molecule has 0 bridgehead atoms. The number of aromatic nitrogens is 3. The van der Waals surface area contributed by atoms with E-state index in [4.69, 9.17) is 15.6 Å². The second-order valence-electron chi connectivity index (χ2n) is 8.02. The van der Waals surface area contributed by atoms with Crippen LogP contribution in [0.3, 0.4) is 0 Å². The number of hydrogen-bond donors (Lipinski definition) is 3. The summed E-state index contributed by atoms with van der Waals surface area (Å²) in [5.74, 6) is 1.04. The fourth-order valence-electron chi connectivity index (χ4n) is 3.66. The quantitative estimate of drug-likeness (QED) is 0.241. The van der Waals surface area contributed by atoms with Crippen LogP contribution in [0.1, 0.15) is 26.1 Å². The number of nitrogen functional groups attached to an aromatic ring is 1. The molecule has 4 aromatic rings. The number of nitrogens with zero attached hydrogens (tertiary/aromatic N) is 3. The summed E-state index contributed by atoms with van der Waals surface area (Å²) >= 11 is 0. The van der Waals surface area contributed by atoms with Gasteiger partial charge in [0.15, 0.2) is 5.82 Å². The number of imidazole rings is 1. The van der Waals surface area contributed by atoms with Crippen LogP contribution in [0.4, 0.5) is 5.82 Å².